The average Bonchev–Trinajstić information content (AvgIpc) is 2.22. The molecular weight excluding hydrogens is 233 g/mol. The first kappa shape index (κ1) is 10.2. The molecule has 15 heavy (non-hydrogen) atoms. The highest BCUT2D eigenvalue weighted by Gasteiger charge is 1.97. The van der Waals surface area contributed by atoms with Crippen LogP contribution in [0.25, 0.3) is 0 Å². The molecule has 1 aromatic heterocycles. The predicted molar refractivity (Wildman–Crippen MR) is 61.8 cm³/mol. The fraction of sp³-hybridized carbons (Fsp3) is 0. The van der Waals surface area contributed by atoms with Gasteiger partial charge in [-0.2, -0.15) is 0 Å². The van der Waals surface area contributed by atoms with E-state index in [-0.39, 0.29) is 0 Å². The largest absolute Gasteiger partial charge is 0.339 e. The zero-order valence-electron chi connectivity index (χ0n) is 7.61. The van der Waals surface area contributed by atoms with Gasteiger partial charge in [0.25, 0.3) is 0 Å². The van der Waals surface area contributed by atoms with Gasteiger partial charge in [-0.25, -0.2) is 0 Å². The molecule has 0 spiro atoms. The molecule has 0 amide bonds. The van der Waals surface area contributed by atoms with Gasteiger partial charge in [0.05, 0.1) is 0 Å². The monoisotopic (exact) mass is 239 g/mol. The Morgan fingerprint density at radius 1 is 1.00 bits per heavy atom. The molecular formula is C10H7Cl2N3. The van der Waals surface area contributed by atoms with Crippen LogP contribution in [0.2, 0.25) is 10.2 Å². The second-order valence-corrected chi connectivity index (χ2v) is 3.70. The molecule has 0 aliphatic carbocycles. The zero-order chi connectivity index (χ0) is 10.7. The number of rotatable bonds is 2. The van der Waals surface area contributed by atoms with Crippen molar-refractivity contribution in [1.82, 2.24) is 10.2 Å². The predicted octanol–water partition coefficient (Wildman–Crippen LogP) is 3.53. The molecule has 0 saturated carbocycles. The van der Waals surface area contributed by atoms with Crippen LogP contribution in [-0.2, 0) is 0 Å². The molecule has 0 unspecified atom stereocenters. The summed E-state index contributed by atoms with van der Waals surface area (Å²) in [6, 6.07) is 10.8. The van der Waals surface area contributed by atoms with Gasteiger partial charge in [-0.1, -0.05) is 29.3 Å². The van der Waals surface area contributed by atoms with Crippen molar-refractivity contribution in [3.63, 3.8) is 0 Å². The van der Waals surface area contributed by atoms with Gasteiger partial charge < -0.3 is 5.32 Å². The molecule has 3 nitrogen and oxygen atoms in total. The van der Waals surface area contributed by atoms with E-state index in [1.165, 1.54) is 0 Å². The van der Waals surface area contributed by atoms with Gasteiger partial charge in [-0.05, 0) is 30.3 Å². The molecule has 1 heterocycles. The first-order chi connectivity index (χ1) is 7.24. The Labute approximate surface area is 97.1 Å². The first-order valence-corrected chi connectivity index (χ1v) is 5.01. The molecule has 0 fully saturated rings. The molecule has 0 atom stereocenters. The van der Waals surface area contributed by atoms with E-state index in [0.717, 1.165) is 5.69 Å². The van der Waals surface area contributed by atoms with Crippen LogP contribution in [0.4, 0.5) is 11.5 Å². The van der Waals surface area contributed by atoms with Crippen LogP contribution in [-0.4, -0.2) is 10.2 Å². The Kier molecular flexibility index (Phi) is 3.04. The summed E-state index contributed by atoms with van der Waals surface area (Å²) in [7, 11) is 0. The number of nitrogens with one attached hydrogen (secondary N) is 1. The number of aromatic nitrogens is 2. The maximum absolute atomic E-state index is 5.84. The number of anilines is 2. The van der Waals surface area contributed by atoms with Crippen LogP contribution < -0.4 is 5.32 Å². The SMILES string of the molecule is Clc1cccc(Nc2ccc(Cl)nn2)c1. The highest BCUT2D eigenvalue weighted by Crippen LogP contribution is 2.18. The van der Waals surface area contributed by atoms with Crippen molar-refractivity contribution in [3.05, 3.63) is 46.6 Å². The molecule has 2 rings (SSSR count). The van der Waals surface area contributed by atoms with E-state index >= 15 is 0 Å². The second-order valence-electron chi connectivity index (χ2n) is 2.88. The number of nitrogens with zero attached hydrogens (tertiary/aromatic N) is 2. The van der Waals surface area contributed by atoms with Gasteiger partial charge in [0.1, 0.15) is 0 Å². The number of hydrogen-bond donors (Lipinski definition) is 1. The summed E-state index contributed by atoms with van der Waals surface area (Å²) >= 11 is 11.5. The number of hydrogen-bond acceptors (Lipinski definition) is 3. The summed E-state index contributed by atoms with van der Waals surface area (Å²) < 4.78 is 0. The molecule has 5 heteroatoms. The standard InChI is InChI=1S/C10H7Cl2N3/c11-7-2-1-3-8(6-7)13-10-5-4-9(12)14-15-10/h1-6H,(H,13,15). The van der Waals surface area contributed by atoms with Crippen LogP contribution in [0.1, 0.15) is 0 Å². The van der Waals surface area contributed by atoms with Crippen LogP contribution in [0, 0.1) is 0 Å². The van der Waals surface area contributed by atoms with Gasteiger partial charge in [0.2, 0.25) is 0 Å². The summed E-state index contributed by atoms with van der Waals surface area (Å²) in [5, 5.41) is 11.7. The molecule has 76 valence electrons. The molecule has 0 radical (unpaired) electrons. The van der Waals surface area contributed by atoms with Crippen LogP contribution >= 0.6 is 23.2 Å². The first-order valence-electron chi connectivity index (χ1n) is 4.26. The van der Waals surface area contributed by atoms with Gasteiger partial charge in [-0.15, -0.1) is 10.2 Å². The topological polar surface area (TPSA) is 37.8 Å². The molecule has 0 aliphatic rings. The quantitative estimate of drug-likeness (QED) is 0.872. The Balaban J connectivity index is 2.18. The van der Waals surface area contributed by atoms with Crippen molar-refractivity contribution in [1.29, 1.82) is 0 Å². The smallest absolute Gasteiger partial charge is 0.153 e. The third-order valence-electron chi connectivity index (χ3n) is 1.73. The number of halogens is 2. The molecule has 2 aromatic rings. The molecule has 0 saturated heterocycles. The molecule has 1 aromatic carbocycles. The van der Waals surface area contributed by atoms with E-state index in [0.29, 0.717) is 16.0 Å². The molecule has 1 N–H and O–H groups in total. The Morgan fingerprint density at radius 3 is 2.53 bits per heavy atom. The maximum atomic E-state index is 5.84. The van der Waals surface area contributed by atoms with Crippen molar-refractivity contribution < 1.29 is 0 Å². The summed E-state index contributed by atoms with van der Waals surface area (Å²) in [6.45, 7) is 0. The summed E-state index contributed by atoms with van der Waals surface area (Å²) in [6.07, 6.45) is 0. The average molecular weight is 240 g/mol. The van der Waals surface area contributed by atoms with Crippen molar-refractivity contribution in [2.75, 3.05) is 5.32 Å². The van der Waals surface area contributed by atoms with E-state index in [1.54, 1.807) is 24.3 Å². The minimum atomic E-state index is 0.367. The molecule has 0 aliphatic heterocycles. The van der Waals surface area contributed by atoms with E-state index in [2.05, 4.69) is 15.5 Å². The van der Waals surface area contributed by atoms with E-state index in [4.69, 9.17) is 23.2 Å². The van der Waals surface area contributed by atoms with Crippen LogP contribution in [0.15, 0.2) is 36.4 Å². The minimum Gasteiger partial charge on any atom is -0.339 e. The fourth-order valence-corrected chi connectivity index (χ4v) is 1.39. The van der Waals surface area contributed by atoms with Gasteiger partial charge in [0.15, 0.2) is 11.0 Å². The Bertz CT molecular complexity index is 456. The summed E-state index contributed by atoms with van der Waals surface area (Å²) in [5.41, 5.74) is 0.860. The van der Waals surface area contributed by atoms with Gasteiger partial charge in [0, 0.05) is 10.7 Å². The van der Waals surface area contributed by atoms with E-state index in [9.17, 15) is 0 Å². The van der Waals surface area contributed by atoms with Gasteiger partial charge >= 0.3 is 0 Å². The third-order valence-corrected chi connectivity index (χ3v) is 2.17. The fourth-order valence-electron chi connectivity index (χ4n) is 1.10. The maximum Gasteiger partial charge on any atom is 0.153 e. The van der Waals surface area contributed by atoms with Gasteiger partial charge in [-0.3, -0.25) is 0 Å². The lowest BCUT2D eigenvalue weighted by Crippen LogP contribution is -1.94. The van der Waals surface area contributed by atoms with Crippen molar-refractivity contribution in [2.24, 2.45) is 0 Å². The second kappa shape index (κ2) is 4.47. The lowest BCUT2D eigenvalue weighted by molar-refractivity contribution is 1.04. The Morgan fingerprint density at radius 2 is 1.87 bits per heavy atom. The highest BCUT2D eigenvalue weighted by atomic mass is 35.5. The lowest BCUT2D eigenvalue weighted by atomic mass is 10.3. The zero-order valence-corrected chi connectivity index (χ0v) is 9.13. The van der Waals surface area contributed by atoms with E-state index in [1.807, 2.05) is 12.1 Å². The van der Waals surface area contributed by atoms with Crippen LogP contribution in [0.3, 0.4) is 0 Å². The number of benzene rings is 1. The van der Waals surface area contributed by atoms with Crippen molar-refractivity contribution in [2.45, 2.75) is 0 Å². The summed E-state index contributed by atoms with van der Waals surface area (Å²) in [5.74, 6) is 0.627. The Hall–Kier alpha value is -1.32. The third kappa shape index (κ3) is 2.81. The molecule has 0 bridgehead atoms. The van der Waals surface area contributed by atoms with Crippen molar-refractivity contribution in [3.8, 4) is 0 Å². The minimum absolute atomic E-state index is 0.367. The highest BCUT2D eigenvalue weighted by molar-refractivity contribution is 6.30. The van der Waals surface area contributed by atoms with Crippen LogP contribution in [0.5, 0.6) is 0 Å². The lowest BCUT2D eigenvalue weighted by Gasteiger charge is -2.04. The van der Waals surface area contributed by atoms with E-state index < -0.39 is 0 Å². The van der Waals surface area contributed by atoms with Crippen molar-refractivity contribution >= 4 is 34.7 Å². The summed E-state index contributed by atoms with van der Waals surface area (Å²) in [4.78, 5) is 0. The normalized spacial score (nSPS) is 10.0.